The van der Waals surface area contributed by atoms with Crippen LogP contribution in [0, 0.1) is 0 Å². The van der Waals surface area contributed by atoms with Crippen LogP contribution in [0.3, 0.4) is 0 Å². The molecule has 0 bridgehead atoms. The van der Waals surface area contributed by atoms with Crippen LogP contribution in [0.2, 0.25) is 0 Å². The number of nitrogens with one attached hydrogen (secondary N) is 1. The highest BCUT2D eigenvalue weighted by molar-refractivity contribution is 7.89. The Hall–Kier alpha value is -0.920. The Morgan fingerprint density at radius 2 is 2.27 bits per heavy atom. The fraction of sp³-hybridized carbons (Fsp3) is 0.625. The zero-order chi connectivity index (χ0) is 11.1. The number of aliphatic hydroxyl groups is 1. The Balaban J connectivity index is 2.24. The van der Waals surface area contributed by atoms with Crippen molar-refractivity contribution in [2.75, 3.05) is 18.9 Å². The number of rotatable bonds is 7. The molecule has 0 aromatic carbocycles. The first kappa shape index (κ1) is 12.2. The number of hydrogen-bond donors (Lipinski definition) is 2. The van der Waals surface area contributed by atoms with Crippen molar-refractivity contribution in [3.63, 3.8) is 0 Å². The number of hydrogen-bond acceptors (Lipinski definition) is 4. The molecular formula is C8H15N3O3S. The van der Waals surface area contributed by atoms with Crippen LogP contribution in [0.4, 0.5) is 0 Å². The average Bonchev–Trinajstić information content (AvgIpc) is 2.67. The van der Waals surface area contributed by atoms with Gasteiger partial charge < -0.3 is 5.11 Å². The van der Waals surface area contributed by atoms with Crippen molar-refractivity contribution in [2.24, 2.45) is 0 Å². The molecule has 0 fully saturated rings. The summed E-state index contributed by atoms with van der Waals surface area (Å²) in [5.74, 6) is -0.0391. The summed E-state index contributed by atoms with van der Waals surface area (Å²) in [7, 11) is -3.25. The molecule has 1 aromatic rings. The maximum absolute atomic E-state index is 11.3. The van der Waals surface area contributed by atoms with Gasteiger partial charge in [-0.25, -0.2) is 13.1 Å². The lowest BCUT2D eigenvalue weighted by Crippen LogP contribution is -2.30. The lowest BCUT2D eigenvalue weighted by molar-refractivity contribution is 0.295. The van der Waals surface area contributed by atoms with Gasteiger partial charge in [0.1, 0.15) is 0 Å². The summed E-state index contributed by atoms with van der Waals surface area (Å²) >= 11 is 0. The summed E-state index contributed by atoms with van der Waals surface area (Å²) in [5, 5.41) is 12.4. The molecule has 0 atom stereocenters. The molecule has 0 amide bonds. The van der Waals surface area contributed by atoms with E-state index in [0.29, 0.717) is 13.1 Å². The molecule has 1 rings (SSSR count). The van der Waals surface area contributed by atoms with E-state index >= 15 is 0 Å². The molecule has 0 unspecified atom stereocenters. The highest BCUT2D eigenvalue weighted by atomic mass is 32.2. The largest absolute Gasteiger partial charge is 0.396 e. The smallest absolute Gasteiger partial charge is 0.211 e. The molecule has 6 nitrogen and oxygen atoms in total. The fourth-order valence-electron chi connectivity index (χ4n) is 1.08. The van der Waals surface area contributed by atoms with Crippen molar-refractivity contribution >= 4 is 10.0 Å². The minimum Gasteiger partial charge on any atom is -0.396 e. The fourth-order valence-corrected chi connectivity index (χ4v) is 2.13. The minimum absolute atomic E-state index is 0.0391. The van der Waals surface area contributed by atoms with Crippen LogP contribution in [0.25, 0.3) is 0 Å². The minimum atomic E-state index is -3.25. The van der Waals surface area contributed by atoms with Gasteiger partial charge in [0.2, 0.25) is 10.0 Å². The van der Waals surface area contributed by atoms with E-state index < -0.39 is 10.0 Å². The first-order valence-electron chi connectivity index (χ1n) is 4.70. The maximum Gasteiger partial charge on any atom is 0.211 e. The van der Waals surface area contributed by atoms with Gasteiger partial charge in [-0.1, -0.05) is 0 Å². The van der Waals surface area contributed by atoms with Crippen LogP contribution in [0.15, 0.2) is 18.5 Å². The highest BCUT2D eigenvalue weighted by Crippen LogP contribution is 1.89. The molecule has 0 spiro atoms. The Morgan fingerprint density at radius 1 is 1.47 bits per heavy atom. The van der Waals surface area contributed by atoms with E-state index in [4.69, 9.17) is 5.11 Å². The van der Waals surface area contributed by atoms with Crippen molar-refractivity contribution in [3.8, 4) is 0 Å². The molecule has 0 saturated carbocycles. The SMILES string of the molecule is O=S(=O)(CCCO)NCCn1cccn1. The van der Waals surface area contributed by atoms with Gasteiger partial charge in [0.25, 0.3) is 0 Å². The third-order valence-electron chi connectivity index (χ3n) is 1.79. The lowest BCUT2D eigenvalue weighted by atomic mass is 10.5. The van der Waals surface area contributed by atoms with Crippen molar-refractivity contribution in [1.82, 2.24) is 14.5 Å². The molecule has 0 radical (unpaired) electrons. The second-order valence-electron chi connectivity index (χ2n) is 3.06. The van der Waals surface area contributed by atoms with Crippen molar-refractivity contribution < 1.29 is 13.5 Å². The van der Waals surface area contributed by atoms with Crippen molar-refractivity contribution in [1.29, 1.82) is 0 Å². The first-order valence-corrected chi connectivity index (χ1v) is 6.35. The van der Waals surface area contributed by atoms with Gasteiger partial charge in [0.05, 0.1) is 12.3 Å². The molecule has 1 aromatic heterocycles. The van der Waals surface area contributed by atoms with E-state index in [1.165, 1.54) is 0 Å². The molecular weight excluding hydrogens is 218 g/mol. The predicted octanol–water partition coefficient (Wildman–Crippen LogP) is -0.815. The van der Waals surface area contributed by atoms with Crippen LogP contribution < -0.4 is 4.72 Å². The Labute approximate surface area is 89.0 Å². The van der Waals surface area contributed by atoms with Gasteiger partial charge in [-0.2, -0.15) is 5.10 Å². The highest BCUT2D eigenvalue weighted by Gasteiger charge is 2.08. The second kappa shape index (κ2) is 5.84. The monoisotopic (exact) mass is 233 g/mol. The Kier molecular flexibility index (Phi) is 4.73. The number of aromatic nitrogens is 2. The van der Waals surface area contributed by atoms with Gasteiger partial charge >= 0.3 is 0 Å². The van der Waals surface area contributed by atoms with Crippen LogP contribution in [-0.4, -0.2) is 42.2 Å². The van der Waals surface area contributed by atoms with E-state index in [0.717, 1.165) is 0 Å². The predicted molar refractivity (Wildman–Crippen MR) is 55.7 cm³/mol. The van der Waals surface area contributed by atoms with Gasteiger partial charge in [0.15, 0.2) is 0 Å². The third kappa shape index (κ3) is 4.91. The normalized spacial score (nSPS) is 11.8. The molecule has 0 aliphatic heterocycles. The summed E-state index contributed by atoms with van der Waals surface area (Å²) in [6.07, 6.45) is 3.67. The summed E-state index contributed by atoms with van der Waals surface area (Å²) in [6, 6.07) is 1.78. The standard InChI is InChI=1S/C8H15N3O3S/c12-7-2-8-15(13,14)10-4-6-11-5-1-3-9-11/h1,3,5,10,12H,2,4,6-8H2. The number of sulfonamides is 1. The van der Waals surface area contributed by atoms with E-state index in [2.05, 4.69) is 9.82 Å². The first-order chi connectivity index (χ1) is 7.14. The van der Waals surface area contributed by atoms with E-state index in [1.54, 1.807) is 23.1 Å². The average molecular weight is 233 g/mol. The molecule has 0 aliphatic rings. The Morgan fingerprint density at radius 3 is 2.87 bits per heavy atom. The van der Waals surface area contributed by atoms with Crippen molar-refractivity contribution in [3.05, 3.63) is 18.5 Å². The summed E-state index contributed by atoms with van der Waals surface area (Å²) in [5.41, 5.74) is 0. The Bertz CT molecular complexity index is 360. The van der Waals surface area contributed by atoms with Crippen LogP contribution >= 0.6 is 0 Å². The zero-order valence-electron chi connectivity index (χ0n) is 8.33. The molecule has 2 N–H and O–H groups in total. The van der Waals surface area contributed by atoms with Gasteiger partial charge in [-0.3, -0.25) is 4.68 Å². The lowest BCUT2D eigenvalue weighted by Gasteiger charge is -2.05. The quantitative estimate of drug-likeness (QED) is 0.645. The summed E-state index contributed by atoms with van der Waals surface area (Å²) in [6.45, 7) is 0.709. The van der Waals surface area contributed by atoms with Crippen LogP contribution in [0.1, 0.15) is 6.42 Å². The number of nitrogens with zero attached hydrogens (tertiary/aromatic N) is 2. The second-order valence-corrected chi connectivity index (χ2v) is 4.99. The van der Waals surface area contributed by atoms with Gasteiger partial charge in [-0.15, -0.1) is 0 Å². The maximum atomic E-state index is 11.3. The van der Waals surface area contributed by atoms with E-state index in [9.17, 15) is 8.42 Å². The molecule has 0 aliphatic carbocycles. The van der Waals surface area contributed by atoms with Gasteiger partial charge in [0, 0.05) is 25.5 Å². The van der Waals surface area contributed by atoms with Gasteiger partial charge in [-0.05, 0) is 12.5 Å². The van der Waals surface area contributed by atoms with Crippen molar-refractivity contribution in [2.45, 2.75) is 13.0 Å². The van der Waals surface area contributed by atoms with E-state index in [-0.39, 0.29) is 18.8 Å². The molecule has 0 saturated heterocycles. The summed E-state index contributed by atoms with van der Waals surface area (Å²) < 4.78 is 26.6. The third-order valence-corrected chi connectivity index (χ3v) is 3.26. The van der Waals surface area contributed by atoms with Crippen LogP contribution in [0.5, 0.6) is 0 Å². The summed E-state index contributed by atoms with van der Waals surface area (Å²) in [4.78, 5) is 0. The topological polar surface area (TPSA) is 84.2 Å². The molecule has 15 heavy (non-hydrogen) atoms. The number of aliphatic hydroxyl groups excluding tert-OH is 1. The molecule has 7 heteroatoms. The molecule has 86 valence electrons. The van der Waals surface area contributed by atoms with E-state index in [1.807, 2.05) is 0 Å². The van der Waals surface area contributed by atoms with Crippen LogP contribution in [-0.2, 0) is 16.6 Å². The molecule has 1 heterocycles. The zero-order valence-corrected chi connectivity index (χ0v) is 9.15.